The molecule has 3 rings (SSSR count). The van der Waals surface area contributed by atoms with Gasteiger partial charge in [-0.05, 0) is 42.5 Å². The van der Waals surface area contributed by atoms with Crippen LogP contribution in [0.3, 0.4) is 0 Å². The lowest BCUT2D eigenvalue weighted by molar-refractivity contribution is -0.124. The molecule has 2 heterocycles. The number of amides is 1. The predicted octanol–water partition coefficient (Wildman–Crippen LogP) is 2.16. The van der Waals surface area contributed by atoms with Gasteiger partial charge in [0.25, 0.3) is 0 Å². The van der Waals surface area contributed by atoms with Crippen molar-refractivity contribution >= 4 is 27.3 Å². The van der Waals surface area contributed by atoms with Crippen LogP contribution in [0.2, 0.25) is 0 Å². The monoisotopic (exact) mass is 394 g/mol. The molecule has 6 nitrogen and oxygen atoms in total. The highest BCUT2D eigenvalue weighted by Crippen LogP contribution is 2.33. The van der Waals surface area contributed by atoms with Gasteiger partial charge in [-0.15, -0.1) is 11.3 Å². The van der Waals surface area contributed by atoms with Crippen LogP contribution >= 0.6 is 11.3 Å². The molecule has 1 aliphatic rings. The van der Waals surface area contributed by atoms with Crippen LogP contribution in [-0.2, 0) is 26.0 Å². The summed E-state index contributed by atoms with van der Waals surface area (Å²) in [7, 11) is -3.56. The van der Waals surface area contributed by atoms with Crippen LogP contribution in [0.15, 0.2) is 40.6 Å². The first-order valence-electron chi connectivity index (χ1n) is 8.46. The van der Waals surface area contributed by atoms with Crippen LogP contribution < -0.4 is 10.0 Å². The Labute approximate surface area is 157 Å². The van der Waals surface area contributed by atoms with E-state index in [1.54, 1.807) is 35.6 Å². The van der Waals surface area contributed by atoms with Crippen LogP contribution in [0.25, 0.3) is 0 Å². The number of aryl methyl sites for hydroxylation is 1. The Morgan fingerprint density at radius 1 is 1.23 bits per heavy atom. The van der Waals surface area contributed by atoms with E-state index in [1.807, 2.05) is 12.3 Å². The fraction of sp³-hybridized carbons (Fsp3) is 0.389. The van der Waals surface area contributed by atoms with Gasteiger partial charge in [-0.2, -0.15) is 0 Å². The molecule has 0 bridgehead atoms. The van der Waals surface area contributed by atoms with Gasteiger partial charge in [0.05, 0.1) is 17.9 Å². The fourth-order valence-electron chi connectivity index (χ4n) is 2.80. The van der Waals surface area contributed by atoms with E-state index in [4.69, 9.17) is 4.74 Å². The van der Waals surface area contributed by atoms with Crippen molar-refractivity contribution in [2.45, 2.75) is 30.8 Å². The SMILES string of the molecule is Cc1ccc(S(=O)(=O)NCCNC(=O)C[C@H]2OCCc3ccsc32)cc1. The van der Waals surface area contributed by atoms with Crippen molar-refractivity contribution in [3.63, 3.8) is 0 Å². The van der Waals surface area contributed by atoms with E-state index >= 15 is 0 Å². The molecular formula is C18H22N2O4S2. The van der Waals surface area contributed by atoms with Gasteiger partial charge in [0, 0.05) is 18.0 Å². The van der Waals surface area contributed by atoms with Gasteiger partial charge < -0.3 is 10.1 Å². The molecule has 8 heteroatoms. The summed E-state index contributed by atoms with van der Waals surface area (Å²) in [6.45, 7) is 2.89. The number of hydrogen-bond acceptors (Lipinski definition) is 5. The number of hydrogen-bond donors (Lipinski definition) is 2. The third-order valence-corrected chi connectivity index (χ3v) is 6.73. The molecule has 1 aromatic heterocycles. The van der Waals surface area contributed by atoms with Gasteiger partial charge in [0.2, 0.25) is 15.9 Å². The number of sulfonamides is 1. The van der Waals surface area contributed by atoms with E-state index in [9.17, 15) is 13.2 Å². The molecule has 0 aliphatic carbocycles. The fourth-order valence-corrected chi connectivity index (χ4v) is 4.84. The van der Waals surface area contributed by atoms with Gasteiger partial charge in [-0.1, -0.05) is 17.7 Å². The third-order valence-electron chi connectivity index (χ3n) is 4.20. The second-order valence-corrected chi connectivity index (χ2v) is 8.90. The van der Waals surface area contributed by atoms with Crippen LogP contribution in [-0.4, -0.2) is 34.0 Å². The van der Waals surface area contributed by atoms with E-state index < -0.39 is 10.0 Å². The number of rotatable bonds is 7. The smallest absolute Gasteiger partial charge is 0.240 e. The first-order valence-corrected chi connectivity index (χ1v) is 10.8. The van der Waals surface area contributed by atoms with Crippen molar-refractivity contribution in [3.05, 3.63) is 51.7 Å². The normalized spacial score (nSPS) is 16.9. The maximum Gasteiger partial charge on any atom is 0.240 e. The molecule has 0 spiro atoms. The minimum atomic E-state index is -3.56. The summed E-state index contributed by atoms with van der Waals surface area (Å²) in [5.41, 5.74) is 2.25. The standard InChI is InChI=1S/C18H22N2O4S2/c1-13-2-4-15(5-3-13)26(22,23)20-9-8-19-17(21)12-16-18-14(6-10-24-16)7-11-25-18/h2-5,7,11,16,20H,6,8-10,12H2,1H3,(H,19,21)/t16-/m1/s1. The molecule has 0 radical (unpaired) electrons. The van der Waals surface area contributed by atoms with E-state index in [-0.39, 0.29) is 36.4 Å². The molecule has 0 unspecified atom stereocenters. The van der Waals surface area contributed by atoms with Crippen molar-refractivity contribution in [2.75, 3.05) is 19.7 Å². The summed E-state index contributed by atoms with van der Waals surface area (Å²) in [6.07, 6.45) is 0.929. The van der Waals surface area contributed by atoms with Crippen LogP contribution in [0.4, 0.5) is 0 Å². The zero-order valence-corrected chi connectivity index (χ0v) is 16.2. The quantitative estimate of drug-likeness (QED) is 0.705. The zero-order valence-electron chi connectivity index (χ0n) is 14.5. The summed E-state index contributed by atoms with van der Waals surface area (Å²) in [6, 6.07) is 8.70. The van der Waals surface area contributed by atoms with E-state index in [1.165, 1.54) is 5.56 Å². The maximum absolute atomic E-state index is 12.2. The number of thiophene rings is 1. The van der Waals surface area contributed by atoms with Crippen LogP contribution in [0, 0.1) is 6.92 Å². The lowest BCUT2D eigenvalue weighted by Gasteiger charge is -2.22. The molecule has 1 aromatic carbocycles. The minimum Gasteiger partial charge on any atom is -0.372 e. The average molecular weight is 395 g/mol. The van der Waals surface area contributed by atoms with Gasteiger partial charge in [0.1, 0.15) is 6.10 Å². The summed E-state index contributed by atoms with van der Waals surface area (Å²) in [4.78, 5) is 13.4. The molecular weight excluding hydrogens is 372 g/mol. The van der Waals surface area contributed by atoms with Gasteiger partial charge in [-0.25, -0.2) is 13.1 Å². The first kappa shape index (κ1) is 19.0. The number of carbonyl (C=O) groups is 1. The Balaban J connectivity index is 1.44. The topological polar surface area (TPSA) is 84.5 Å². The number of ether oxygens (including phenoxy) is 1. The number of fused-ring (bicyclic) bond motifs is 1. The Bertz CT molecular complexity index is 860. The molecule has 26 heavy (non-hydrogen) atoms. The first-order chi connectivity index (χ1) is 12.5. The number of carbonyl (C=O) groups excluding carboxylic acids is 1. The number of benzene rings is 1. The van der Waals surface area contributed by atoms with Crippen molar-refractivity contribution in [3.8, 4) is 0 Å². The van der Waals surface area contributed by atoms with Crippen LogP contribution in [0.5, 0.6) is 0 Å². The second-order valence-electron chi connectivity index (χ2n) is 6.18. The maximum atomic E-state index is 12.2. The van der Waals surface area contributed by atoms with Crippen molar-refractivity contribution in [2.24, 2.45) is 0 Å². The van der Waals surface area contributed by atoms with E-state index in [0.29, 0.717) is 6.61 Å². The van der Waals surface area contributed by atoms with E-state index in [2.05, 4.69) is 16.1 Å². The number of nitrogens with one attached hydrogen (secondary N) is 2. The lowest BCUT2D eigenvalue weighted by atomic mass is 10.1. The predicted molar refractivity (Wildman–Crippen MR) is 101 cm³/mol. The van der Waals surface area contributed by atoms with Crippen molar-refractivity contribution in [1.29, 1.82) is 0 Å². The molecule has 0 saturated heterocycles. The Kier molecular flexibility index (Phi) is 6.08. The van der Waals surface area contributed by atoms with Crippen LogP contribution in [0.1, 0.15) is 28.5 Å². The average Bonchev–Trinajstić information content (AvgIpc) is 3.09. The van der Waals surface area contributed by atoms with E-state index in [0.717, 1.165) is 16.9 Å². The second kappa shape index (κ2) is 8.30. The summed E-state index contributed by atoms with van der Waals surface area (Å²) in [5, 5.41) is 4.76. The molecule has 0 saturated carbocycles. The molecule has 2 N–H and O–H groups in total. The largest absolute Gasteiger partial charge is 0.372 e. The highest BCUT2D eigenvalue weighted by Gasteiger charge is 2.24. The summed E-state index contributed by atoms with van der Waals surface area (Å²) in [5.74, 6) is -0.147. The van der Waals surface area contributed by atoms with Gasteiger partial charge in [0.15, 0.2) is 0 Å². The summed E-state index contributed by atoms with van der Waals surface area (Å²) < 4.78 is 32.5. The molecule has 1 amide bonds. The molecule has 0 fully saturated rings. The Morgan fingerprint density at radius 3 is 2.77 bits per heavy atom. The molecule has 1 atom stereocenters. The zero-order chi connectivity index (χ0) is 18.6. The van der Waals surface area contributed by atoms with Gasteiger partial charge >= 0.3 is 0 Å². The Hall–Kier alpha value is -1.74. The lowest BCUT2D eigenvalue weighted by Crippen LogP contribution is -2.35. The van der Waals surface area contributed by atoms with Crippen molar-refractivity contribution < 1.29 is 17.9 Å². The molecule has 140 valence electrons. The third kappa shape index (κ3) is 4.70. The highest BCUT2D eigenvalue weighted by atomic mass is 32.2. The Morgan fingerprint density at radius 2 is 2.00 bits per heavy atom. The minimum absolute atomic E-state index is 0.137. The highest BCUT2D eigenvalue weighted by molar-refractivity contribution is 7.89. The van der Waals surface area contributed by atoms with Gasteiger partial charge in [-0.3, -0.25) is 4.79 Å². The molecule has 1 aliphatic heterocycles. The molecule has 2 aromatic rings. The summed E-state index contributed by atoms with van der Waals surface area (Å²) >= 11 is 1.61. The van der Waals surface area contributed by atoms with Crippen molar-refractivity contribution in [1.82, 2.24) is 10.0 Å².